The molecule has 0 saturated carbocycles. The third kappa shape index (κ3) is 5.76. The Kier molecular flexibility index (Phi) is 8.23. The maximum absolute atomic E-state index is 5.61. The third-order valence-corrected chi connectivity index (χ3v) is 15.7. The molecule has 69 heavy (non-hydrogen) atoms. The van der Waals surface area contributed by atoms with Crippen LogP contribution in [0, 0.1) is 0 Å². The van der Waals surface area contributed by atoms with E-state index < -0.39 is 0 Å². The summed E-state index contributed by atoms with van der Waals surface area (Å²) in [5.41, 5.74) is 12.7. The molecular weight excluding hydrogens is 855 g/mol. The molecule has 0 bridgehead atoms. The van der Waals surface area contributed by atoms with Crippen LogP contribution in [-0.4, -0.2) is 14.1 Å². The lowest BCUT2D eigenvalue weighted by molar-refractivity contribution is 1.09. The molecule has 0 fully saturated rings. The lowest BCUT2D eigenvalue weighted by Gasteiger charge is -2.13. The van der Waals surface area contributed by atoms with Gasteiger partial charge in [-0.25, -0.2) is 4.98 Å². The van der Waals surface area contributed by atoms with Crippen molar-refractivity contribution in [1.29, 1.82) is 0 Å². The molecule has 15 rings (SSSR count). The van der Waals surface area contributed by atoms with E-state index in [0.29, 0.717) is 0 Å². The Morgan fingerprint density at radius 3 is 1.41 bits per heavy atom. The van der Waals surface area contributed by atoms with Gasteiger partial charge >= 0.3 is 0 Å². The Morgan fingerprint density at radius 1 is 0.275 bits per heavy atom. The van der Waals surface area contributed by atoms with E-state index >= 15 is 0 Å². The van der Waals surface area contributed by atoms with Crippen molar-refractivity contribution in [1.82, 2.24) is 14.1 Å². The Labute approximate surface area is 401 Å². The van der Waals surface area contributed by atoms with Crippen LogP contribution in [0.2, 0.25) is 0 Å². The molecular formula is C65H39N3S. The van der Waals surface area contributed by atoms with Crippen LogP contribution in [0.1, 0.15) is 0 Å². The molecule has 0 spiro atoms. The molecule has 4 heteroatoms. The van der Waals surface area contributed by atoms with Gasteiger partial charge in [-0.15, -0.1) is 11.3 Å². The molecule has 11 aromatic carbocycles. The monoisotopic (exact) mass is 893 g/mol. The van der Waals surface area contributed by atoms with Crippen LogP contribution in [0.3, 0.4) is 0 Å². The first-order chi connectivity index (χ1) is 34.2. The van der Waals surface area contributed by atoms with E-state index in [9.17, 15) is 0 Å². The minimum atomic E-state index is 0.904. The maximum atomic E-state index is 5.61. The zero-order valence-corrected chi connectivity index (χ0v) is 38.1. The molecule has 0 aliphatic heterocycles. The lowest BCUT2D eigenvalue weighted by atomic mass is 9.91. The Hall–Kier alpha value is -8.83. The zero-order chi connectivity index (χ0) is 45.2. The van der Waals surface area contributed by atoms with Gasteiger partial charge in [-0.1, -0.05) is 170 Å². The lowest BCUT2D eigenvalue weighted by Crippen LogP contribution is -1.99. The number of nitrogens with zero attached hydrogens (tertiary/aromatic N) is 3. The standard InChI is InChI=1S/C65H39N3S/c1-2-15-40(16-3-1)64-65-57(39-63(66-64)68-60-28-13-10-25-53(60)55-38-45(31-33-61(55)68)67-58-26-11-8-23-51(58)52-24-9-12-27-59(52)67)56-37-44(30-34-62(56)69-65)42-18-14-17-41(35-42)43-29-32-50-48-21-5-4-19-46(48)47-20-6-7-22-49(47)54(50)36-43/h1-39H. The largest absolute Gasteiger partial charge is 0.309 e. The number of aromatic nitrogens is 3. The minimum absolute atomic E-state index is 0.904. The maximum Gasteiger partial charge on any atom is 0.139 e. The van der Waals surface area contributed by atoms with Crippen LogP contribution in [0.25, 0.3) is 141 Å². The average molecular weight is 894 g/mol. The SMILES string of the molecule is c1ccc(-c2nc(-n3c4ccccc4c4cc(-n5c6ccccc6c6ccccc65)ccc43)cc3c2sc2ccc(-c4cccc(-c5ccc6c7ccccc7c7ccccc7c6c5)c4)cc23)cc1. The summed E-state index contributed by atoms with van der Waals surface area (Å²) >= 11 is 1.83. The number of hydrogen-bond donors (Lipinski definition) is 0. The molecule has 15 aromatic rings. The predicted octanol–water partition coefficient (Wildman–Crippen LogP) is 18.1. The average Bonchev–Trinajstić information content (AvgIpc) is 4.08. The summed E-state index contributed by atoms with van der Waals surface area (Å²) < 4.78 is 7.21. The van der Waals surface area contributed by atoms with E-state index in [1.807, 2.05) is 11.3 Å². The molecule has 0 aliphatic carbocycles. The molecule has 0 unspecified atom stereocenters. The zero-order valence-electron chi connectivity index (χ0n) is 37.3. The number of pyridine rings is 1. The first kappa shape index (κ1) is 38.3. The van der Waals surface area contributed by atoms with Gasteiger partial charge in [0.05, 0.1) is 32.5 Å². The molecule has 0 radical (unpaired) electrons. The molecule has 0 N–H and O–H groups in total. The van der Waals surface area contributed by atoms with Crippen molar-refractivity contribution in [2.24, 2.45) is 0 Å². The quantitative estimate of drug-likeness (QED) is 0.158. The molecule has 3 nitrogen and oxygen atoms in total. The number of fused-ring (bicyclic) bond motifs is 15. The van der Waals surface area contributed by atoms with Crippen LogP contribution in [0.4, 0.5) is 0 Å². The fraction of sp³-hybridized carbons (Fsp3) is 0. The topological polar surface area (TPSA) is 22.8 Å². The number of benzene rings is 11. The highest BCUT2D eigenvalue weighted by atomic mass is 32.1. The summed E-state index contributed by atoms with van der Waals surface area (Å²) in [6.07, 6.45) is 0. The number of thiophene rings is 1. The van der Waals surface area contributed by atoms with Gasteiger partial charge in [-0.3, -0.25) is 4.57 Å². The summed E-state index contributed by atoms with van der Waals surface area (Å²) in [4.78, 5) is 5.61. The van der Waals surface area contributed by atoms with E-state index in [2.05, 4.69) is 246 Å². The smallest absolute Gasteiger partial charge is 0.139 e. The van der Waals surface area contributed by atoms with Crippen LogP contribution < -0.4 is 0 Å². The number of para-hydroxylation sites is 3. The van der Waals surface area contributed by atoms with Crippen molar-refractivity contribution >= 4 is 107 Å². The second-order valence-corrected chi connectivity index (χ2v) is 19.3. The molecule has 0 amide bonds. The van der Waals surface area contributed by atoms with E-state index in [1.54, 1.807) is 0 Å². The van der Waals surface area contributed by atoms with Crippen LogP contribution in [0.15, 0.2) is 237 Å². The van der Waals surface area contributed by atoms with Gasteiger partial charge < -0.3 is 4.57 Å². The normalized spacial score (nSPS) is 12.1. The second-order valence-electron chi connectivity index (χ2n) is 18.2. The highest BCUT2D eigenvalue weighted by Crippen LogP contribution is 2.44. The van der Waals surface area contributed by atoms with Gasteiger partial charge in [-0.05, 0) is 121 Å². The fourth-order valence-electron chi connectivity index (χ4n) is 11.4. The van der Waals surface area contributed by atoms with E-state index in [-0.39, 0.29) is 0 Å². The first-order valence-corrected chi connectivity index (χ1v) is 24.4. The van der Waals surface area contributed by atoms with Gasteiger partial charge in [0.1, 0.15) is 5.82 Å². The predicted molar refractivity (Wildman–Crippen MR) is 295 cm³/mol. The van der Waals surface area contributed by atoms with Crippen molar-refractivity contribution < 1.29 is 0 Å². The van der Waals surface area contributed by atoms with Gasteiger partial charge in [0.2, 0.25) is 0 Å². The highest BCUT2D eigenvalue weighted by molar-refractivity contribution is 7.26. The molecule has 0 saturated heterocycles. The summed E-state index contributed by atoms with van der Waals surface area (Å²) in [6.45, 7) is 0. The van der Waals surface area contributed by atoms with Crippen LogP contribution in [-0.2, 0) is 0 Å². The summed E-state index contributed by atoms with van der Waals surface area (Å²) in [5.74, 6) is 0.904. The van der Waals surface area contributed by atoms with Gasteiger partial charge in [0.25, 0.3) is 0 Å². The summed E-state index contributed by atoms with van der Waals surface area (Å²) in [6, 6.07) is 86.8. The highest BCUT2D eigenvalue weighted by Gasteiger charge is 2.21. The Bertz CT molecular complexity index is 4520. The van der Waals surface area contributed by atoms with Gasteiger partial charge in [0, 0.05) is 48.3 Å². The molecule has 4 heterocycles. The molecule has 0 atom stereocenters. The first-order valence-electron chi connectivity index (χ1n) is 23.6. The number of hydrogen-bond acceptors (Lipinski definition) is 2. The fourth-order valence-corrected chi connectivity index (χ4v) is 12.5. The summed E-state index contributed by atoms with van der Waals surface area (Å²) in [5, 5.41) is 15.1. The Balaban J connectivity index is 0.904. The van der Waals surface area contributed by atoms with Crippen molar-refractivity contribution in [3.8, 4) is 45.0 Å². The summed E-state index contributed by atoms with van der Waals surface area (Å²) in [7, 11) is 0. The van der Waals surface area contributed by atoms with E-state index in [4.69, 9.17) is 4.98 Å². The van der Waals surface area contributed by atoms with Crippen molar-refractivity contribution in [3.05, 3.63) is 237 Å². The van der Waals surface area contributed by atoms with Crippen LogP contribution in [0.5, 0.6) is 0 Å². The van der Waals surface area contributed by atoms with Crippen molar-refractivity contribution in [2.75, 3.05) is 0 Å². The van der Waals surface area contributed by atoms with Crippen LogP contribution >= 0.6 is 11.3 Å². The molecule has 4 aromatic heterocycles. The molecule has 0 aliphatic rings. The van der Waals surface area contributed by atoms with E-state index in [1.165, 1.54) is 107 Å². The molecule has 320 valence electrons. The van der Waals surface area contributed by atoms with Crippen molar-refractivity contribution in [2.45, 2.75) is 0 Å². The number of rotatable bonds is 5. The second kappa shape index (κ2) is 14.8. The van der Waals surface area contributed by atoms with E-state index in [0.717, 1.165) is 33.8 Å². The Morgan fingerprint density at radius 2 is 0.754 bits per heavy atom. The minimum Gasteiger partial charge on any atom is -0.309 e. The van der Waals surface area contributed by atoms with Crippen molar-refractivity contribution in [3.63, 3.8) is 0 Å². The third-order valence-electron chi connectivity index (χ3n) is 14.5. The van der Waals surface area contributed by atoms with Gasteiger partial charge in [0.15, 0.2) is 0 Å². The van der Waals surface area contributed by atoms with Gasteiger partial charge in [-0.2, -0.15) is 0 Å².